The lowest BCUT2D eigenvalue weighted by Gasteiger charge is -2.09. The van der Waals surface area contributed by atoms with E-state index in [1.807, 2.05) is 30.5 Å². The van der Waals surface area contributed by atoms with E-state index in [9.17, 15) is 4.79 Å². The Kier molecular flexibility index (Phi) is 7.79. The minimum absolute atomic E-state index is 0.153. The summed E-state index contributed by atoms with van der Waals surface area (Å²) in [6.07, 6.45) is 5.78. The highest BCUT2D eigenvalue weighted by molar-refractivity contribution is 7.18. The summed E-state index contributed by atoms with van der Waals surface area (Å²) in [5.74, 6) is 0.589. The van der Waals surface area contributed by atoms with Gasteiger partial charge in [0.2, 0.25) is 0 Å². The van der Waals surface area contributed by atoms with Crippen molar-refractivity contribution in [2.45, 2.75) is 13.3 Å². The molecule has 2 heterocycles. The molecule has 0 fully saturated rings. The zero-order chi connectivity index (χ0) is 23.9. The Bertz CT molecular complexity index is 1270. The molecule has 4 aromatic rings. The van der Waals surface area contributed by atoms with Crippen LogP contribution in [0.1, 0.15) is 13.3 Å². The average Bonchev–Trinajstić information content (AvgIpc) is 3.31. The van der Waals surface area contributed by atoms with Gasteiger partial charge in [-0.15, -0.1) is 0 Å². The lowest BCUT2D eigenvalue weighted by molar-refractivity contribution is 0.262. The van der Waals surface area contributed by atoms with E-state index in [0.29, 0.717) is 27.2 Å². The van der Waals surface area contributed by atoms with Crippen molar-refractivity contribution in [1.82, 2.24) is 15.0 Å². The molecule has 2 aromatic heterocycles. The van der Waals surface area contributed by atoms with Crippen molar-refractivity contribution in [3.63, 3.8) is 0 Å². The van der Waals surface area contributed by atoms with Crippen LogP contribution in [0.4, 0.5) is 21.3 Å². The van der Waals surface area contributed by atoms with Crippen LogP contribution in [0.15, 0.2) is 61.1 Å². The van der Waals surface area contributed by atoms with Crippen molar-refractivity contribution in [3.05, 3.63) is 71.1 Å². The van der Waals surface area contributed by atoms with Crippen LogP contribution in [0.25, 0.3) is 10.4 Å². The second-order valence-corrected chi connectivity index (χ2v) is 8.91. The Morgan fingerprint density at radius 1 is 1.00 bits per heavy atom. The second kappa shape index (κ2) is 11.1. The van der Waals surface area contributed by atoms with Crippen LogP contribution in [-0.4, -0.2) is 27.5 Å². The molecular formula is C23H20Cl2N6O2S. The van der Waals surface area contributed by atoms with Crippen LogP contribution in [0.2, 0.25) is 10.0 Å². The lowest BCUT2D eigenvalue weighted by atomic mass is 10.2. The van der Waals surface area contributed by atoms with E-state index in [0.717, 1.165) is 28.5 Å². The van der Waals surface area contributed by atoms with Crippen LogP contribution in [-0.2, 0) is 0 Å². The van der Waals surface area contributed by atoms with Crippen LogP contribution < -0.4 is 20.7 Å². The molecule has 0 atom stereocenters. The number of halogens is 2. The maximum Gasteiger partial charge on any atom is 0.323 e. The number of anilines is 3. The van der Waals surface area contributed by atoms with Crippen molar-refractivity contribution >= 4 is 57.1 Å². The molecule has 0 unspecified atom stereocenters. The van der Waals surface area contributed by atoms with Gasteiger partial charge in [-0.25, -0.2) is 19.7 Å². The summed E-state index contributed by atoms with van der Waals surface area (Å²) in [7, 11) is 0. The number of rotatable bonds is 8. The summed E-state index contributed by atoms with van der Waals surface area (Å²) in [6.45, 7) is 3.01. The van der Waals surface area contributed by atoms with Crippen LogP contribution in [0.5, 0.6) is 11.8 Å². The van der Waals surface area contributed by atoms with Gasteiger partial charge in [0.15, 0.2) is 5.13 Å². The molecule has 11 heteroatoms. The SMILES string of the molecule is CCCNc1ncc(-c2ccc(Oc3ncc(NC(=O)Nc4cc(Cl)ccc4Cl)cn3)cc2)s1. The number of carbonyl (C=O) groups is 1. The first-order chi connectivity index (χ1) is 16.5. The maximum absolute atomic E-state index is 12.2. The molecular weight excluding hydrogens is 495 g/mol. The van der Waals surface area contributed by atoms with Gasteiger partial charge in [0.05, 0.1) is 33.7 Å². The van der Waals surface area contributed by atoms with Crippen LogP contribution in [0, 0.1) is 0 Å². The number of benzene rings is 2. The third-order valence-electron chi connectivity index (χ3n) is 4.44. The zero-order valence-electron chi connectivity index (χ0n) is 18.0. The summed E-state index contributed by atoms with van der Waals surface area (Å²) in [5, 5.41) is 10.3. The fourth-order valence-corrected chi connectivity index (χ4v) is 4.01. The number of hydrogen-bond acceptors (Lipinski definition) is 7. The van der Waals surface area contributed by atoms with Gasteiger partial charge in [0, 0.05) is 17.8 Å². The predicted molar refractivity (Wildman–Crippen MR) is 138 cm³/mol. The molecule has 0 saturated heterocycles. The largest absolute Gasteiger partial charge is 0.424 e. The summed E-state index contributed by atoms with van der Waals surface area (Å²) in [4.78, 5) is 25.9. The highest BCUT2D eigenvalue weighted by Crippen LogP contribution is 2.31. The van der Waals surface area contributed by atoms with E-state index in [-0.39, 0.29) is 6.01 Å². The minimum atomic E-state index is -0.506. The fourth-order valence-electron chi connectivity index (χ4n) is 2.83. The van der Waals surface area contributed by atoms with E-state index < -0.39 is 6.03 Å². The van der Waals surface area contributed by atoms with E-state index in [1.54, 1.807) is 29.5 Å². The number of amides is 2. The first-order valence-corrected chi connectivity index (χ1v) is 11.9. The molecule has 0 spiro atoms. The number of carbonyl (C=O) groups excluding carboxylic acids is 1. The number of urea groups is 1. The van der Waals surface area contributed by atoms with Gasteiger partial charge in [-0.3, -0.25) is 0 Å². The second-order valence-electron chi connectivity index (χ2n) is 7.04. The first kappa shape index (κ1) is 23.7. The molecule has 34 heavy (non-hydrogen) atoms. The summed E-state index contributed by atoms with van der Waals surface area (Å²) < 4.78 is 5.70. The van der Waals surface area contributed by atoms with Crippen molar-refractivity contribution in [3.8, 4) is 22.2 Å². The molecule has 8 nitrogen and oxygen atoms in total. The third kappa shape index (κ3) is 6.34. The van der Waals surface area contributed by atoms with E-state index in [1.165, 1.54) is 12.4 Å². The summed E-state index contributed by atoms with van der Waals surface area (Å²) >= 11 is 13.6. The molecule has 0 bridgehead atoms. The molecule has 174 valence electrons. The number of nitrogens with one attached hydrogen (secondary N) is 3. The number of hydrogen-bond donors (Lipinski definition) is 3. The van der Waals surface area contributed by atoms with Crippen molar-refractivity contribution < 1.29 is 9.53 Å². The van der Waals surface area contributed by atoms with Crippen LogP contribution >= 0.6 is 34.5 Å². The van der Waals surface area contributed by atoms with Gasteiger partial charge in [0.1, 0.15) is 5.75 Å². The number of ether oxygens (including phenoxy) is 1. The monoisotopic (exact) mass is 514 g/mol. The number of nitrogens with zero attached hydrogens (tertiary/aromatic N) is 3. The van der Waals surface area contributed by atoms with E-state index >= 15 is 0 Å². The van der Waals surface area contributed by atoms with Gasteiger partial charge in [0.25, 0.3) is 0 Å². The maximum atomic E-state index is 12.2. The molecule has 0 saturated carbocycles. The first-order valence-electron chi connectivity index (χ1n) is 10.3. The fraction of sp³-hybridized carbons (Fsp3) is 0.130. The Hall–Kier alpha value is -3.40. The highest BCUT2D eigenvalue weighted by atomic mass is 35.5. The Labute approximate surface area is 210 Å². The molecule has 0 aliphatic rings. The number of aromatic nitrogens is 3. The van der Waals surface area contributed by atoms with Crippen LogP contribution in [0.3, 0.4) is 0 Å². The van der Waals surface area contributed by atoms with Crippen molar-refractivity contribution in [2.24, 2.45) is 0 Å². The normalized spacial score (nSPS) is 10.6. The minimum Gasteiger partial charge on any atom is -0.424 e. The van der Waals surface area contributed by atoms with E-state index in [4.69, 9.17) is 27.9 Å². The smallest absolute Gasteiger partial charge is 0.323 e. The lowest BCUT2D eigenvalue weighted by Crippen LogP contribution is -2.19. The van der Waals surface area contributed by atoms with Gasteiger partial charge < -0.3 is 20.7 Å². The summed E-state index contributed by atoms with van der Waals surface area (Å²) in [5.41, 5.74) is 1.82. The number of thiazole rings is 1. The zero-order valence-corrected chi connectivity index (χ0v) is 20.3. The molecule has 0 radical (unpaired) electrons. The van der Waals surface area contributed by atoms with Crippen molar-refractivity contribution in [1.29, 1.82) is 0 Å². The molecule has 2 aromatic carbocycles. The van der Waals surface area contributed by atoms with Gasteiger partial charge in [-0.05, 0) is 54.4 Å². The molecule has 0 aliphatic heterocycles. The Morgan fingerprint density at radius 2 is 1.76 bits per heavy atom. The van der Waals surface area contributed by atoms with Crippen molar-refractivity contribution in [2.75, 3.05) is 22.5 Å². The molecule has 4 rings (SSSR count). The topological polar surface area (TPSA) is 101 Å². The quantitative estimate of drug-likeness (QED) is 0.230. The van der Waals surface area contributed by atoms with Gasteiger partial charge >= 0.3 is 12.0 Å². The standard InChI is InChI=1S/C23H20Cl2N6O2S/c1-2-9-26-23-29-13-20(34-23)14-3-6-17(7-4-14)33-22-27-11-16(12-28-22)30-21(32)31-19-10-15(24)5-8-18(19)25/h3-8,10-13H,2,9H2,1H3,(H,26,29)(H2,30,31,32). The van der Waals surface area contributed by atoms with Gasteiger partial charge in [-0.1, -0.05) is 41.5 Å². The molecule has 0 aliphatic carbocycles. The third-order valence-corrected chi connectivity index (χ3v) is 6.01. The highest BCUT2D eigenvalue weighted by Gasteiger charge is 2.09. The van der Waals surface area contributed by atoms with E-state index in [2.05, 4.69) is 37.8 Å². The molecule has 2 amide bonds. The van der Waals surface area contributed by atoms with Gasteiger partial charge in [-0.2, -0.15) is 0 Å². The Balaban J connectivity index is 1.33. The Morgan fingerprint density at radius 3 is 2.50 bits per heavy atom. The predicted octanol–water partition coefficient (Wildman–Crippen LogP) is 7.17. The summed E-state index contributed by atoms with van der Waals surface area (Å²) in [6, 6.07) is 12.0. The average molecular weight is 515 g/mol. The molecule has 3 N–H and O–H groups in total.